The largest absolute Gasteiger partial charge is 0.324 e. The first-order chi connectivity index (χ1) is 12.0. The summed E-state index contributed by atoms with van der Waals surface area (Å²) >= 11 is 6.21. The van der Waals surface area contributed by atoms with Gasteiger partial charge >= 0.3 is 0 Å². The van der Waals surface area contributed by atoms with Gasteiger partial charge in [-0.2, -0.15) is 0 Å². The second-order valence-corrected chi connectivity index (χ2v) is 6.03. The molecule has 0 spiro atoms. The van der Waals surface area contributed by atoms with Crippen LogP contribution >= 0.6 is 11.6 Å². The zero-order valence-corrected chi connectivity index (χ0v) is 16.1. The third-order valence-electron chi connectivity index (χ3n) is 3.79. The molecule has 1 atom stereocenters. The van der Waals surface area contributed by atoms with E-state index in [4.69, 9.17) is 11.6 Å². The SMILES string of the molecule is CC.CCC(C)CC(=O)Nc1c(Cl)cccc1C(=O)c1ccccc1. The molecule has 4 heteroatoms. The highest BCUT2D eigenvalue weighted by atomic mass is 35.5. The molecule has 2 aromatic carbocycles. The van der Waals surface area contributed by atoms with Crippen LogP contribution in [0.5, 0.6) is 0 Å². The number of ketones is 1. The number of carbonyl (C=O) groups is 2. The summed E-state index contributed by atoms with van der Waals surface area (Å²) in [6.07, 6.45) is 1.33. The van der Waals surface area contributed by atoms with Gasteiger partial charge in [0, 0.05) is 17.5 Å². The van der Waals surface area contributed by atoms with Gasteiger partial charge in [-0.15, -0.1) is 0 Å². The van der Waals surface area contributed by atoms with E-state index in [1.165, 1.54) is 0 Å². The van der Waals surface area contributed by atoms with Gasteiger partial charge in [0.05, 0.1) is 10.7 Å². The molecular weight excluding hydrogens is 334 g/mol. The molecule has 134 valence electrons. The molecule has 3 nitrogen and oxygen atoms in total. The zero-order valence-electron chi connectivity index (χ0n) is 15.3. The van der Waals surface area contributed by atoms with Crippen molar-refractivity contribution in [2.24, 2.45) is 5.92 Å². The van der Waals surface area contributed by atoms with E-state index < -0.39 is 0 Å². The number of nitrogens with one attached hydrogen (secondary N) is 1. The summed E-state index contributed by atoms with van der Waals surface area (Å²) in [7, 11) is 0. The van der Waals surface area contributed by atoms with Crippen LogP contribution < -0.4 is 5.32 Å². The maximum absolute atomic E-state index is 12.7. The van der Waals surface area contributed by atoms with Crippen molar-refractivity contribution in [2.75, 3.05) is 5.32 Å². The molecule has 1 amide bonds. The Morgan fingerprint density at radius 1 is 1.04 bits per heavy atom. The third kappa shape index (κ3) is 6.02. The first kappa shape index (κ1) is 20.9. The van der Waals surface area contributed by atoms with Crippen LogP contribution in [0.1, 0.15) is 56.5 Å². The number of amides is 1. The van der Waals surface area contributed by atoms with E-state index in [-0.39, 0.29) is 17.6 Å². The van der Waals surface area contributed by atoms with Gasteiger partial charge in [0.15, 0.2) is 5.78 Å². The molecule has 0 aromatic heterocycles. The minimum Gasteiger partial charge on any atom is -0.324 e. The van der Waals surface area contributed by atoms with Crippen molar-refractivity contribution in [3.63, 3.8) is 0 Å². The van der Waals surface area contributed by atoms with Crippen molar-refractivity contribution < 1.29 is 9.59 Å². The molecule has 0 aliphatic rings. The van der Waals surface area contributed by atoms with E-state index in [0.29, 0.717) is 28.3 Å². The van der Waals surface area contributed by atoms with Gasteiger partial charge in [-0.05, 0) is 18.1 Å². The Morgan fingerprint density at radius 3 is 2.28 bits per heavy atom. The highest BCUT2D eigenvalue weighted by Crippen LogP contribution is 2.28. The Hall–Kier alpha value is -2.13. The van der Waals surface area contributed by atoms with Gasteiger partial charge in [-0.25, -0.2) is 0 Å². The fourth-order valence-corrected chi connectivity index (χ4v) is 2.46. The molecule has 0 heterocycles. The van der Waals surface area contributed by atoms with Crippen molar-refractivity contribution in [3.8, 4) is 0 Å². The van der Waals surface area contributed by atoms with Crippen molar-refractivity contribution in [2.45, 2.75) is 40.5 Å². The second-order valence-electron chi connectivity index (χ2n) is 5.62. The van der Waals surface area contributed by atoms with Crippen LogP contribution in [0.15, 0.2) is 48.5 Å². The maximum Gasteiger partial charge on any atom is 0.224 e. The number of carbonyl (C=O) groups excluding carboxylic acids is 2. The van der Waals surface area contributed by atoms with Gasteiger partial charge in [0.1, 0.15) is 0 Å². The maximum atomic E-state index is 12.7. The van der Waals surface area contributed by atoms with E-state index in [9.17, 15) is 9.59 Å². The van der Waals surface area contributed by atoms with Crippen LogP contribution in [-0.2, 0) is 4.79 Å². The number of benzene rings is 2. The van der Waals surface area contributed by atoms with Gasteiger partial charge in [0.25, 0.3) is 0 Å². The first-order valence-electron chi connectivity index (χ1n) is 8.71. The van der Waals surface area contributed by atoms with Crippen LogP contribution in [0.4, 0.5) is 5.69 Å². The lowest BCUT2D eigenvalue weighted by Crippen LogP contribution is -2.17. The molecule has 2 aromatic rings. The van der Waals surface area contributed by atoms with Crippen molar-refractivity contribution in [1.29, 1.82) is 0 Å². The molecule has 0 fully saturated rings. The van der Waals surface area contributed by atoms with Crippen molar-refractivity contribution in [1.82, 2.24) is 0 Å². The molecular formula is C21H26ClNO2. The molecule has 2 rings (SSSR count). The van der Waals surface area contributed by atoms with Crippen molar-refractivity contribution >= 4 is 29.0 Å². The summed E-state index contributed by atoms with van der Waals surface area (Å²) in [6, 6.07) is 14.0. The second kappa shape index (κ2) is 10.7. The van der Waals surface area contributed by atoms with E-state index in [1.54, 1.807) is 42.5 Å². The Morgan fingerprint density at radius 2 is 1.68 bits per heavy atom. The number of hydrogen-bond donors (Lipinski definition) is 1. The molecule has 0 aliphatic carbocycles. The van der Waals surface area contributed by atoms with E-state index in [1.807, 2.05) is 33.8 Å². The van der Waals surface area contributed by atoms with Crippen LogP contribution in [-0.4, -0.2) is 11.7 Å². The van der Waals surface area contributed by atoms with E-state index >= 15 is 0 Å². The molecule has 0 radical (unpaired) electrons. The molecule has 0 bridgehead atoms. The average molecular weight is 360 g/mol. The van der Waals surface area contributed by atoms with Gasteiger partial charge in [0.2, 0.25) is 5.91 Å². The summed E-state index contributed by atoms with van der Waals surface area (Å²) < 4.78 is 0. The Kier molecular flexibility index (Phi) is 8.93. The topological polar surface area (TPSA) is 46.2 Å². The summed E-state index contributed by atoms with van der Waals surface area (Å²) in [5, 5.41) is 3.17. The molecule has 0 saturated carbocycles. The predicted molar refractivity (Wildman–Crippen MR) is 105 cm³/mol. The van der Waals surface area contributed by atoms with Gasteiger partial charge < -0.3 is 5.32 Å². The first-order valence-corrected chi connectivity index (χ1v) is 9.08. The van der Waals surface area contributed by atoms with E-state index in [2.05, 4.69) is 5.32 Å². The number of para-hydroxylation sites is 1. The van der Waals surface area contributed by atoms with Crippen LogP contribution in [0.25, 0.3) is 0 Å². The Labute approximate surface area is 155 Å². The average Bonchev–Trinajstić information content (AvgIpc) is 2.65. The van der Waals surface area contributed by atoms with Crippen molar-refractivity contribution in [3.05, 3.63) is 64.7 Å². The highest BCUT2D eigenvalue weighted by molar-refractivity contribution is 6.35. The Bertz CT molecular complexity index is 698. The third-order valence-corrected chi connectivity index (χ3v) is 4.10. The minimum absolute atomic E-state index is 0.130. The van der Waals surface area contributed by atoms with Crippen LogP contribution in [0.2, 0.25) is 5.02 Å². The minimum atomic E-state index is -0.160. The van der Waals surface area contributed by atoms with Gasteiger partial charge in [-0.1, -0.05) is 82.1 Å². The van der Waals surface area contributed by atoms with Gasteiger partial charge in [-0.3, -0.25) is 9.59 Å². The number of hydrogen-bond acceptors (Lipinski definition) is 2. The number of halogens is 1. The highest BCUT2D eigenvalue weighted by Gasteiger charge is 2.18. The van der Waals surface area contributed by atoms with Crippen LogP contribution in [0.3, 0.4) is 0 Å². The fraction of sp³-hybridized carbons (Fsp3) is 0.333. The Balaban J connectivity index is 0.00000151. The molecule has 1 N–H and O–H groups in total. The lowest BCUT2D eigenvalue weighted by Gasteiger charge is -2.14. The lowest BCUT2D eigenvalue weighted by atomic mass is 10.0. The summed E-state index contributed by atoms with van der Waals surface area (Å²) in [4.78, 5) is 24.8. The standard InChI is InChI=1S/C19H20ClNO2.C2H6/c1-3-13(2)12-17(22)21-18-15(10-7-11-16(18)20)19(23)14-8-5-4-6-9-14;1-2/h4-11,13H,3,12H2,1-2H3,(H,21,22);1-2H3. The van der Waals surface area contributed by atoms with E-state index in [0.717, 1.165) is 6.42 Å². The fourth-order valence-electron chi connectivity index (χ4n) is 2.24. The normalized spacial score (nSPS) is 11.1. The molecule has 25 heavy (non-hydrogen) atoms. The lowest BCUT2D eigenvalue weighted by molar-refractivity contribution is -0.117. The summed E-state index contributed by atoms with van der Waals surface area (Å²) in [6.45, 7) is 8.06. The number of rotatable bonds is 6. The summed E-state index contributed by atoms with van der Waals surface area (Å²) in [5.74, 6) is -0.00716. The predicted octanol–water partition coefficient (Wildman–Crippen LogP) is 5.97. The smallest absolute Gasteiger partial charge is 0.224 e. The molecule has 1 unspecified atom stereocenters. The molecule has 0 aliphatic heterocycles. The number of anilines is 1. The quantitative estimate of drug-likeness (QED) is 0.645. The summed E-state index contributed by atoms with van der Waals surface area (Å²) in [5.41, 5.74) is 1.35. The van der Waals surface area contributed by atoms with Crippen LogP contribution in [0, 0.1) is 5.92 Å². The zero-order chi connectivity index (χ0) is 18.8. The monoisotopic (exact) mass is 359 g/mol. The molecule has 0 saturated heterocycles.